The van der Waals surface area contributed by atoms with Gasteiger partial charge < -0.3 is 5.32 Å². The van der Waals surface area contributed by atoms with E-state index < -0.39 is 28.7 Å². The van der Waals surface area contributed by atoms with E-state index in [2.05, 4.69) is 10.4 Å². The summed E-state index contributed by atoms with van der Waals surface area (Å²) in [5.74, 6) is -1.26. The molecule has 0 bridgehead atoms. The van der Waals surface area contributed by atoms with Crippen molar-refractivity contribution in [2.45, 2.75) is 27.3 Å². The molecule has 1 aromatic heterocycles. The van der Waals surface area contributed by atoms with Crippen molar-refractivity contribution in [1.82, 2.24) is 14.3 Å². The molecule has 0 aliphatic carbocycles. The molecule has 0 unspecified atom stereocenters. The molecule has 4 rings (SSSR count). The zero-order valence-electron chi connectivity index (χ0n) is 19.0. The van der Waals surface area contributed by atoms with Gasteiger partial charge in [-0.1, -0.05) is 35.9 Å². The minimum Gasteiger partial charge on any atom is -0.320 e. The molecule has 0 atom stereocenters. The van der Waals surface area contributed by atoms with Gasteiger partial charge in [-0.05, 0) is 73.9 Å². The lowest BCUT2D eigenvalue weighted by Gasteiger charge is -2.13. The first-order chi connectivity index (χ1) is 16.2. The summed E-state index contributed by atoms with van der Waals surface area (Å²) in [6, 6.07) is 17.9. The highest BCUT2D eigenvalue weighted by atomic mass is 19.1. The number of aromatic nitrogens is 3. The van der Waals surface area contributed by atoms with Crippen molar-refractivity contribution in [1.29, 1.82) is 0 Å². The van der Waals surface area contributed by atoms with Gasteiger partial charge in [-0.15, -0.1) is 0 Å². The number of benzene rings is 3. The molecule has 8 heteroatoms. The molecule has 1 N–H and O–H groups in total. The van der Waals surface area contributed by atoms with Gasteiger partial charge in [-0.2, -0.15) is 9.78 Å². The standard InChI is InChI=1S/C26H23FN4O3/c1-16-5-4-6-19(13-16)15-30-25(33)23(24(32)28-21-10-8-20(27)9-11-21)29-31(26(30)34)22-12-7-17(2)18(3)14-22/h4-14H,15H2,1-3H3,(H,28,32). The predicted octanol–water partition coefficient (Wildman–Crippen LogP) is 3.76. The number of halogens is 1. The summed E-state index contributed by atoms with van der Waals surface area (Å²) in [6.07, 6.45) is 0. The smallest absolute Gasteiger partial charge is 0.320 e. The average molecular weight is 458 g/mol. The minimum absolute atomic E-state index is 0.0243. The van der Waals surface area contributed by atoms with Gasteiger partial charge in [-0.25, -0.2) is 9.18 Å². The number of anilines is 1. The number of hydrogen-bond donors (Lipinski definition) is 1. The topological polar surface area (TPSA) is 86.0 Å². The Kier molecular flexibility index (Phi) is 6.23. The van der Waals surface area contributed by atoms with Crippen LogP contribution in [-0.4, -0.2) is 20.3 Å². The van der Waals surface area contributed by atoms with Crippen LogP contribution in [0.1, 0.15) is 32.7 Å². The van der Waals surface area contributed by atoms with E-state index >= 15 is 0 Å². The van der Waals surface area contributed by atoms with Crippen molar-refractivity contribution in [3.63, 3.8) is 0 Å². The molecule has 0 radical (unpaired) electrons. The van der Waals surface area contributed by atoms with Crippen LogP contribution in [0.3, 0.4) is 0 Å². The van der Waals surface area contributed by atoms with Crippen LogP contribution in [-0.2, 0) is 6.54 Å². The highest BCUT2D eigenvalue weighted by Gasteiger charge is 2.21. The Labute approximate surface area is 195 Å². The summed E-state index contributed by atoms with van der Waals surface area (Å²) in [5, 5.41) is 6.68. The Balaban J connectivity index is 1.86. The lowest BCUT2D eigenvalue weighted by molar-refractivity contribution is 0.101. The third-order valence-electron chi connectivity index (χ3n) is 5.54. The first-order valence-electron chi connectivity index (χ1n) is 10.7. The van der Waals surface area contributed by atoms with Crippen LogP contribution in [0.15, 0.2) is 76.3 Å². The van der Waals surface area contributed by atoms with E-state index in [1.807, 2.05) is 45.0 Å². The molecule has 0 saturated heterocycles. The van der Waals surface area contributed by atoms with Crippen LogP contribution in [0.5, 0.6) is 0 Å². The van der Waals surface area contributed by atoms with Crippen LogP contribution in [0.25, 0.3) is 5.69 Å². The van der Waals surface area contributed by atoms with Crippen molar-refractivity contribution in [2.75, 3.05) is 5.32 Å². The second kappa shape index (κ2) is 9.27. The van der Waals surface area contributed by atoms with Crippen molar-refractivity contribution in [3.05, 3.63) is 121 Å². The van der Waals surface area contributed by atoms with Gasteiger partial charge in [0.25, 0.3) is 11.5 Å². The maximum absolute atomic E-state index is 13.3. The van der Waals surface area contributed by atoms with Crippen LogP contribution in [0.2, 0.25) is 0 Å². The molecule has 172 valence electrons. The molecular weight excluding hydrogens is 435 g/mol. The Hall–Kier alpha value is -4.33. The van der Waals surface area contributed by atoms with Gasteiger partial charge in [0, 0.05) is 5.69 Å². The fourth-order valence-corrected chi connectivity index (χ4v) is 3.54. The van der Waals surface area contributed by atoms with Crippen LogP contribution >= 0.6 is 0 Å². The highest BCUT2D eigenvalue weighted by molar-refractivity contribution is 6.02. The second-order valence-corrected chi connectivity index (χ2v) is 8.15. The fraction of sp³-hybridized carbons (Fsp3) is 0.154. The Bertz CT molecular complexity index is 1500. The first kappa shape index (κ1) is 22.8. The summed E-state index contributed by atoms with van der Waals surface area (Å²) < 4.78 is 15.3. The van der Waals surface area contributed by atoms with E-state index in [-0.39, 0.29) is 6.54 Å². The summed E-state index contributed by atoms with van der Waals surface area (Å²) in [6.45, 7) is 5.72. The van der Waals surface area contributed by atoms with Gasteiger partial charge in [0.1, 0.15) is 5.82 Å². The quantitative estimate of drug-likeness (QED) is 0.494. The molecule has 0 aliphatic rings. The number of nitrogens with one attached hydrogen (secondary N) is 1. The number of amides is 1. The van der Waals surface area contributed by atoms with Crippen molar-refractivity contribution < 1.29 is 9.18 Å². The molecule has 1 heterocycles. The minimum atomic E-state index is -0.814. The molecule has 0 spiro atoms. The molecule has 3 aromatic carbocycles. The van der Waals surface area contributed by atoms with E-state index in [1.54, 1.807) is 18.2 Å². The van der Waals surface area contributed by atoms with Gasteiger partial charge in [0.05, 0.1) is 12.2 Å². The first-order valence-corrected chi connectivity index (χ1v) is 10.7. The van der Waals surface area contributed by atoms with E-state index in [4.69, 9.17) is 0 Å². The lowest BCUT2D eigenvalue weighted by atomic mass is 10.1. The number of nitrogens with zero attached hydrogens (tertiary/aromatic N) is 3. The zero-order valence-corrected chi connectivity index (χ0v) is 19.0. The van der Waals surface area contributed by atoms with E-state index in [1.165, 1.54) is 24.3 Å². The van der Waals surface area contributed by atoms with Crippen LogP contribution in [0.4, 0.5) is 10.1 Å². The summed E-state index contributed by atoms with van der Waals surface area (Å²) >= 11 is 0. The van der Waals surface area contributed by atoms with Crippen molar-refractivity contribution in [3.8, 4) is 5.69 Å². The van der Waals surface area contributed by atoms with Crippen LogP contribution < -0.4 is 16.6 Å². The molecule has 0 saturated carbocycles. The van der Waals surface area contributed by atoms with E-state index in [0.717, 1.165) is 31.5 Å². The Morgan fingerprint density at radius 1 is 0.941 bits per heavy atom. The Morgan fingerprint density at radius 3 is 2.35 bits per heavy atom. The number of aryl methyl sites for hydroxylation is 3. The molecule has 7 nitrogen and oxygen atoms in total. The van der Waals surface area contributed by atoms with Gasteiger partial charge in [0.15, 0.2) is 0 Å². The molecule has 34 heavy (non-hydrogen) atoms. The third kappa shape index (κ3) is 4.71. The number of rotatable bonds is 5. The average Bonchev–Trinajstić information content (AvgIpc) is 2.80. The number of hydrogen-bond acceptors (Lipinski definition) is 4. The number of carbonyl (C=O) groups excluding carboxylic acids is 1. The molecule has 0 aliphatic heterocycles. The molecule has 4 aromatic rings. The maximum atomic E-state index is 13.3. The summed E-state index contributed by atoms with van der Waals surface area (Å²) in [4.78, 5) is 39.6. The van der Waals surface area contributed by atoms with E-state index in [9.17, 15) is 18.8 Å². The number of carbonyl (C=O) groups is 1. The summed E-state index contributed by atoms with van der Waals surface area (Å²) in [5.41, 5.74) is 2.47. The van der Waals surface area contributed by atoms with E-state index in [0.29, 0.717) is 11.4 Å². The normalized spacial score (nSPS) is 10.8. The molecular formula is C26H23FN4O3. The Morgan fingerprint density at radius 2 is 1.68 bits per heavy atom. The van der Waals surface area contributed by atoms with Gasteiger partial charge in [-0.3, -0.25) is 14.2 Å². The SMILES string of the molecule is Cc1cccc(Cn2c(=O)c(C(=O)Nc3ccc(F)cc3)nn(-c3ccc(C)c(C)c3)c2=O)c1. The summed E-state index contributed by atoms with van der Waals surface area (Å²) in [7, 11) is 0. The monoisotopic (exact) mass is 458 g/mol. The predicted molar refractivity (Wildman–Crippen MR) is 128 cm³/mol. The van der Waals surface area contributed by atoms with Gasteiger partial charge in [0.2, 0.25) is 5.69 Å². The highest BCUT2D eigenvalue weighted by Crippen LogP contribution is 2.13. The van der Waals surface area contributed by atoms with Gasteiger partial charge >= 0.3 is 5.69 Å². The lowest BCUT2D eigenvalue weighted by Crippen LogP contribution is -2.45. The fourth-order valence-electron chi connectivity index (χ4n) is 3.54. The maximum Gasteiger partial charge on any atom is 0.352 e. The van der Waals surface area contributed by atoms with Crippen LogP contribution in [0, 0.1) is 26.6 Å². The third-order valence-corrected chi connectivity index (χ3v) is 5.54. The second-order valence-electron chi connectivity index (χ2n) is 8.15. The molecule has 1 amide bonds. The van der Waals surface area contributed by atoms with Crippen molar-refractivity contribution >= 4 is 11.6 Å². The van der Waals surface area contributed by atoms with Crippen molar-refractivity contribution in [2.24, 2.45) is 0 Å². The largest absolute Gasteiger partial charge is 0.352 e. The molecule has 0 fully saturated rings. The zero-order chi connectivity index (χ0) is 24.4.